The molecule has 0 radical (unpaired) electrons. The third-order valence-corrected chi connectivity index (χ3v) is 4.26. The number of hydrogen-bond donors (Lipinski definition) is 1. The van der Waals surface area contributed by atoms with Gasteiger partial charge in [0.1, 0.15) is 6.10 Å². The van der Waals surface area contributed by atoms with E-state index in [-0.39, 0.29) is 6.10 Å². The van der Waals surface area contributed by atoms with Gasteiger partial charge in [-0.1, -0.05) is 36.9 Å². The summed E-state index contributed by atoms with van der Waals surface area (Å²) >= 11 is 0. The lowest BCUT2D eigenvalue weighted by Gasteiger charge is -2.19. The minimum absolute atomic E-state index is 0.147. The third-order valence-electron chi connectivity index (χ3n) is 4.26. The fraction of sp³-hybridized carbons (Fsp3) is 0.636. The van der Waals surface area contributed by atoms with Crippen molar-refractivity contribution in [1.29, 1.82) is 0 Å². The van der Waals surface area contributed by atoms with Crippen molar-refractivity contribution in [2.75, 3.05) is 79.2 Å². The summed E-state index contributed by atoms with van der Waals surface area (Å²) in [6.07, 6.45) is 1.68. The van der Waals surface area contributed by atoms with Crippen LogP contribution in [-0.2, 0) is 35.0 Å². The van der Waals surface area contributed by atoms with Crippen molar-refractivity contribution in [2.45, 2.75) is 12.7 Å². The summed E-state index contributed by atoms with van der Waals surface area (Å²) in [7, 11) is 0. The van der Waals surface area contributed by atoms with E-state index in [4.69, 9.17) is 28.4 Å². The van der Waals surface area contributed by atoms with Gasteiger partial charge in [0.05, 0.1) is 72.7 Å². The Morgan fingerprint density at radius 3 is 2.17 bits per heavy atom. The molecule has 0 bridgehead atoms. The molecule has 1 aliphatic heterocycles. The van der Waals surface area contributed by atoms with Crippen LogP contribution in [0.1, 0.15) is 11.1 Å². The molecule has 1 heterocycles. The first-order valence-electron chi connectivity index (χ1n) is 10.3. The van der Waals surface area contributed by atoms with Gasteiger partial charge in [-0.15, -0.1) is 0 Å². The Bertz CT molecular complexity index is 507. The summed E-state index contributed by atoms with van der Waals surface area (Å²) in [5.74, 6) is 0. The summed E-state index contributed by atoms with van der Waals surface area (Å²) in [5.41, 5.74) is 2.21. The van der Waals surface area contributed by atoms with E-state index in [0.717, 1.165) is 24.2 Å². The fourth-order valence-corrected chi connectivity index (χ4v) is 2.65. The molecule has 1 saturated heterocycles. The summed E-state index contributed by atoms with van der Waals surface area (Å²) < 4.78 is 34.0. The molecular weight excluding hydrogens is 374 g/mol. The van der Waals surface area contributed by atoms with Crippen molar-refractivity contribution < 1.29 is 28.4 Å². The highest BCUT2D eigenvalue weighted by Crippen LogP contribution is 2.07. The first kappa shape index (κ1) is 24.0. The molecule has 0 amide bonds. The van der Waals surface area contributed by atoms with Gasteiger partial charge < -0.3 is 33.7 Å². The second-order valence-corrected chi connectivity index (χ2v) is 6.62. The van der Waals surface area contributed by atoms with E-state index in [1.165, 1.54) is 0 Å². The molecule has 0 aromatic heterocycles. The Morgan fingerprint density at radius 1 is 0.862 bits per heavy atom. The van der Waals surface area contributed by atoms with Crippen LogP contribution in [0.15, 0.2) is 30.8 Å². The van der Waals surface area contributed by atoms with Gasteiger partial charge in [0, 0.05) is 13.1 Å². The standard InChI is InChI=1S/C22H35NO6/c1-2-20-3-5-21(6-4-20)17-28-19-22-18-27-14-13-26-12-11-24-9-7-23-8-10-25-15-16-29-22/h2-6,22-23H,1,7-19H2. The number of rotatable bonds is 5. The first-order chi connectivity index (χ1) is 14.4. The van der Waals surface area contributed by atoms with Crippen LogP contribution in [0, 0.1) is 0 Å². The van der Waals surface area contributed by atoms with Gasteiger partial charge in [-0.05, 0) is 11.1 Å². The smallest absolute Gasteiger partial charge is 0.104 e. The molecule has 1 unspecified atom stereocenters. The molecule has 7 nitrogen and oxygen atoms in total. The van der Waals surface area contributed by atoms with Crippen LogP contribution in [0.4, 0.5) is 0 Å². The highest BCUT2D eigenvalue weighted by atomic mass is 16.6. The lowest BCUT2D eigenvalue weighted by Crippen LogP contribution is -2.29. The molecule has 29 heavy (non-hydrogen) atoms. The molecule has 1 N–H and O–H groups in total. The Balaban J connectivity index is 1.69. The van der Waals surface area contributed by atoms with Crippen molar-refractivity contribution in [3.05, 3.63) is 42.0 Å². The molecule has 1 atom stereocenters. The third kappa shape index (κ3) is 12.1. The van der Waals surface area contributed by atoms with Crippen LogP contribution in [-0.4, -0.2) is 85.3 Å². The second kappa shape index (κ2) is 16.5. The summed E-state index contributed by atoms with van der Waals surface area (Å²) in [5, 5.41) is 3.27. The maximum absolute atomic E-state index is 5.89. The zero-order valence-electron chi connectivity index (χ0n) is 17.3. The molecule has 2 rings (SSSR count). The Labute approximate surface area is 174 Å². The largest absolute Gasteiger partial charge is 0.378 e. The summed E-state index contributed by atoms with van der Waals surface area (Å²) in [6.45, 7) is 11.4. The number of hydrogen-bond acceptors (Lipinski definition) is 7. The molecule has 1 aromatic rings. The van der Waals surface area contributed by atoms with Crippen molar-refractivity contribution in [1.82, 2.24) is 5.32 Å². The number of nitrogens with one attached hydrogen (secondary N) is 1. The maximum atomic E-state index is 5.89. The van der Waals surface area contributed by atoms with Crippen LogP contribution < -0.4 is 5.32 Å². The quantitative estimate of drug-likeness (QED) is 0.797. The second-order valence-electron chi connectivity index (χ2n) is 6.62. The minimum atomic E-state index is -0.147. The minimum Gasteiger partial charge on any atom is -0.378 e. The average Bonchev–Trinajstić information content (AvgIpc) is 2.75. The zero-order valence-corrected chi connectivity index (χ0v) is 17.3. The van der Waals surface area contributed by atoms with Crippen LogP contribution in [0.25, 0.3) is 6.08 Å². The van der Waals surface area contributed by atoms with Crippen LogP contribution >= 0.6 is 0 Å². The number of benzene rings is 1. The molecule has 0 spiro atoms. The fourth-order valence-electron chi connectivity index (χ4n) is 2.65. The van der Waals surface area contributed by atoms with Crippen LogP contribution in [0.3, 0.4) is 0 Å². The molecule has 1 fully saturated rings. The monoisotopic (exact) mass is 409 g/mol. The molecule has 7 heteroatoms. The molecule has 164 valence electrons. The van der Waals surface area contributed by atoms with E-state index < -0.39 is 0 Å². The number of ether oxygens (including phenoxy) is 6. The van der Waals surface area contributed by atoms with E-state index in [1.54, 1.807) is 0 Å². The van der Waals surface area contributed by atoms with Crippen molar-refractivity contribution in [2.24, 2.45) is 0 Å². The molecular formula is C22H35NO6. The summed E-state index contributed by atoms with van der Waals surface area (Å²) in [6, 6.07) is 8.14. The average molecular weight is 410 g/mol. The Kier molecular flexibility index (Phi) is 13.6. The highest BCUT2D eigenvalue weighted by molar-refractivity contribution is 5.47. The van der Waals surface area contributed by atoms with Gasteiger partial charge in [0.15, 0.2) is 0 Å². The van der Waals surface area contributed by atoms with Gasteiger partial charge in [-0.25, -0.2) is 0 Å². The van der Waals surface area contributed by atoms with Gasteiger partial charge >= 0.3 is 0 Å². The molecule has 0 aliphatic carbocycles. The van der Waals surface area contributed by atoms with Crippen molar-refractivity contribution in [3.63, 3.8) is 0 Å². The van der Waals surface area contributed by atoms with Crippen molar-refractivity contribution >= 4 is 6.08 Å². The van der Waals surface area contributed by atoms with Gasteiger partial charge in [0.25, 0.3) is 0 Å². The molecule has 1 aromatic carbocycles. The SMILES string of the molecule is C=Cc1ccc(COCC2COCCOCCOCCNCCOCCO2)cc1. The van der Waals surface area contributed by atoms with Crippen LogP contribution in [0.5, 0.6) is 0 Å². The van der Waals surface area contributed by atoms with Crippen molar-refractivity contribution in [3.8, 4) is 0 Å². The summed E-state index contributed by atoms with van der Waals surface area (Å²) in [4.78, 5) is 0. The Hall–Kier alpha value is -1.32. The normalized spacial score (nSPS) is 21.7. The van der Waals surface area contributed by atoms with Gasteiger partial charge in [0.2, 0.25) is 0 Å². The van der Waals surface area contributed by atoms with E-state index in [2.05, 4.69) is 11.9 Å². The predicted molar refractivity (Wildman–Crippen MR) is 112 cm³/mol. The molecule has 0 saturated carbocycles. The Morgan fingerprint density at radius 2 is 1.48 bits per heavy atom. The zero-order chi connectivity index (χ0) is 20.4. The highest BCUT2D eigenvalue weighted by Gasteiger charge is 2.11. The molecule has 1 aliphatic rings. The maximum Gasteiger partial charge on any atom is 0.104 e. The van der Waals surface area contributed by atoms with Crippen LogP contribution in [0.2, 0.25) is 0 Å². The van der Waals surface area contributed by atoms with Gasteiger partial charge in [-0.2, -0.15) is 0 Å². The van der Waals surface area contributed by atoms with E-state index in [9.17, 15) is 0 Å². The topological polar surface area (TPSA) is 67.4 Å². The lowest BCUT2D eigenvalue weighted by atomic mass is 10.1. The van der Waals surface area contributed by atoms with E-state index in [0.29, 0.717) is 72.7 Å². The predicted octanol–water partition coefficient (Wildman–Crippen LogP) is 1.90. The van der Waals surface area contributed by atoms with E-state index in [1.807, 2.05) is 30.3 Å². The van der Waals surface area contributed by atoms with E-state index >= 15 is 0 Å². The lowest BCUT2D eigenvalue weighted by molar-refractivity contribution is -0.0822. The van der Waals surface area contributed by atoms with Gasteiger partial charge in [-0.3, -0.25) is 0 Å². The first-order valence-corrected chi connectivity index (χ1v) is 10.3.